The molecule has 2 aromatic carbocycles. The number of benzene rings is 2. The number of hydrogen-bond donors (Lipinski definition) is 1. The van der Waals surface area contributed by atoms with E-state index in [1.165, 1.54) is 16.9 Å². The summed E-state index contributed by atoms with van der Waals surface area (Å²) < 4.78 is 9.82. The number of carbonyl (C=O) groups excluding carboxylic acids is 3. The number of amides is 2. The average Bonchev–Trinajstić information content (AvgIpc) is 2.98. The zero-order valence-electron chi connectivity index (χ0n) is 16.5. The molecule has 1 aliphatic heterocycles. The third-order valence-electron chi connectivity index (χ3n) is 4.61. The third-order valence-corrected chi connectivity index (χ3v) is 5.03. The molecular weight excluding hydrogens is 406 g/mol. The topological polar surface area (TPSA) is 88.2 Å². The van der Waals surface area contributed by atoms with E-state index in [2.05, 4.69) is 5.32 Å². The van der Waals surface area contributed by atoms with Gasteiger partial charge in [0.25, 0.3) is 5.91 Å². The standard InChI is InChI=1S/C21H21N3O5S/c1-28-16-10-8-14(9-11-16)22-18(25)12-17-20(27)24(15-6-4-3-5-7-15)21(30)23(17)13-19(26)29-2/h3-11,17H,12-13H2,1-2H3,(H,22,25). The van der Waals surface area contributed by atoms with Gasteiger partial charge in [-0.2, -0.15) is 0 Å². The Balaban J connectivity index is 1.79. The number of methoxy groups -OCH3 is 2. The van der Waals surface area contributed by atoms with E-state index in [1.807, 2.05) is 6.07 Å². The number of rotatable bonds is 7. The van der Waals surface area contributed by atoms with Crippen LogP contribution in [0.25, 0.3) is 0 Å². The van der Waals surface area contributed by atoms with Gasteiger partial charge in [-0.05, 0) is 48.6 Å². The van der Waals surface area contributed by atoms with Crippen LogP contribution in [0.5, 0.6) is 5.75 Å². The largest absolute Gasteiger partial charge is 0.497 e. The summed E-state index contributed by atoms with van der Waals surface area (Å²) in [5.74, 6) is -0.654. The highest BCUT2D eigenvalue weighted by molar-refractivity contribution is 7.80. The summed E-state index contributed by atoms with van der Waals surface area (Å²) in [6.07, 6.45) is -0.175. The first-order valence-corrected chi connectivity index (χ1v) is 9.55. The predicted octanol–water partition coefficient (Wildman–Crippen LogP) is 2.20. The van der Waals surface area contributed by atoms with Gasteiger partial charge in [0.1, 0.15) is 18.3 Å². The number of esters is 1. The van der Waals surface area contributed by atoms with Gasteiger partial charge in [0, 0.05) is 5.69 Å². The van der Waals surface area contributed by atoms with Crippen LogP contribution in [-0.2, 0) is 19.1 Å². The van der Waals surface area contributed by atoms with Crippen molar-refractivity contribution in [3.05, 3.63) is 54.6 Å². The van der Waals surface area contributed by atoms with E-state index < -0.39 is 12.0 Å². The van der Waals surface area contributed by atoms with E-state index in [-0.39, 0.29) is 29.9 Å². The fraction of sp³-hybridized carbons (Fsp3) is 0.238. The van der Waals surface area contributed by atoms with Crippen molar-refractivity contribution in [1.82, 2.24) is 4.90 Å². The Hall–Kier alpha value is -3.46. The Morgan fingerprint density at radius 2 is 1.73 bits per heavy atom. The minimum absolute atomic E-state index is 0.152. The number of hydrogen-bond acceptors (Lipinski definition) is 6. The van der Waals surface area contributed by atoms with Gasteiger partial charge in [-0.25, -0.2) is 0 Å². The molecule has 0 radical (unpaired) electrons. The molecule has 1 saturated heterocycles. The zero-order chi connectivity index (χ0) is 21.7. The molecule has 1 heterocycles. The van der Waals surface area contributed by atoms with Crippen LogP contribution >= 0.6 is 12.2 Å². The maximum Gasteiger partial charge on any atom is 0.325 e. The average molecular weight is 427 g/mol. The third kappa shape index (κ3) is 4.57. The van der Waals surface area contributed by atoms with Crippen molar-refractivity contribution < 1.29 is 23.9 Å². The van der Waals surface area contributed by atoms with Gasteiger partial charge in [-0.3, -0.25) is 19.3 Å². The minimum Gasteiger partial charge on any atom is -0.497 e. The summed E-state index contributed by atoms with van der Waals surface area (Å²) in [5.41, 5.74) is 1.13. The van der Waals surface area contributed by atoms with Gasteiger partial charge in [-0.15, -0.1) is 0 Å². The number of anilines is 2. The van der Waals surface area contributed by atoms with E-state index in [0.29, 0.717) is 17.1 Å². The van der Waals surface area contributed by atoms with Crippen molar-refractivity contribution >= 4 is 46.5 Å². The quantitative estimate of drug-likeness (QED) is 0.535. The van der Waals surface area contributed by atoms with E-state index in [1.54, 1.807) is 55.6 Å². The lowest BCUT2D eigenvalue weighted by Gasteiger charge is -2.22. The summed E-state index contributed by atoms with van der Waals surface area (Å²) in [5, 5.41) is 2.90. The van der Waals surface area contributed by atoms with Crippen molar-refractivity contribution in [2.24, 2.45) is 0 Å². The highest BCUT2D eigenvalue weighted by Gasteiger charge is 2.45. The van der Waals surface area contributed by atoms with Crippen LogP contribution in [-0.4, -0.2) is 54.6 Å². The molecule has 1 atom stereocenters. The van der Waals surface area contributed by atoms with Crippen LogP contribution < -0.4 is 15.0 Å². The molecular formula is C21H21N3O5S. The van der Waals surface area contributed by atoms with Crippen molar-refractivity contribution in [1.29, 1.82) is 0 Å². The number of thiocarbonyl (C=S) groups is 1. The van der Waals surface area contributed by atoms with Gasteiger partial charge in [0.15, 0.2) is 5.11 Å². The van der Waals surface area contributed by atoms with Crippen molar-refractivity contribution in [2.75, 3.05) is 31.0 Å². The van der Waals surface area contributed by atoms with Gasteiger partial charge < -0.3 is 19.7 Å². The Morgan fingerprint density at radius 3 is 2.33 bits per heavy atom. The van der Waals surface area contributed by atoms with Crippen LogP contribution in [0, 0.1) is 0 Å². The molecule has 1 unspecified atom stereocenters. The first-order chi connectivity index (χ1) is 14.4. The molecule has 0 saturated carbocycles. The fourth-order valence-corrected chi connectivity index (χ4v) is 3.48. The molecule has 9 heteroatoms. The molecule has 0 spiro atoms. The van der Waals surface area contributed by atoms with Crippen molar-refractivity contribution in [3.63, 3.8) is 0 Å². The maximum absolute atomic E-state index is 13.1. The zero-order valence-corrected chi connectivity index (χ0v) is 17.3. The smallest absolute Gasteiger partial charge is 0.325 e. The number of carbonyl (C=O) groups is 3. The number of ether oxygens (including phenoxy) is 2. The van der Waals surface area contributed by atoms with Crippen molar-refractivity contribution in [2.45, 2.75) is 12.5 Å². The molecule has 0 bridgehead atoms. The van der Waals surface area contributed by atoms with Gasteiger partial charge in [0.05, 0.1) is 26.3 Å². The molecule has 3 rings (SSSR count). The van der Waals surface area contributed by atoms with Crippen molar-refractivity contribution in [3.8, 4) is 5.75 Å². The van der Waals surface area contributed by atoms with Crippen LogP contribution in [0.2, 0.25) is 0 Å². The van der Waals surface area contributed by atoms with Gasteiger partial charge >= 0.3 is 5.97 Å². The first-order valence-electron chi connectivity index (χ1n) is 9.15. The molecule has 0 aliphatic carbocycles. The molecule has 156 valence electrons. The summed E-state index contributed by atoms with van der Waals surface area (Å²) in [4.78, 5) is 40.4. The summed E-state index contributed by atoms with van der Waals surface area (Å²) in [6, 6.07) is 14.7. The molecule has 2 amide bonds. The second-order valence-electron chi connectivity index (χ2n) is 6.49. The van der Waals surface area contributed by atoms with E-state index in [4.69, 9.17) is 21.7 Å². The van der Waals surface area contributed by atoms with E-state index in [9.17, 15) is 14.4 Å². The molecule has 1 aliphatic rings. The van der Waals surface area contributed by atoms with Crippen LogP contribution in [0.4, 0.5) is 11.4 Å². The molecule has 30 heavy (non-hydrogen) atoms. The van der Waals surface area contributed by atoms with E-state index >= 15 is 0 Å². The second-order valence-corrected chi connectivity index (χ2v) is 6.86. The SMILES string of the molecule is COC(=O)CN1C(=S)N(c2ccccc2)C(=O)C1CC(=O)Nc1ccc(OC)cc1. The first kappa shape index (κ1) is 21.3. The van der Waals surface area contributed by atoms with Gasteiger partial charge in [-0.1, -0.05) is 18.2 Å². The molecule has 1 N–H and O–H groups in total. The lowest BCUT2D eigenvalue weighted by molar-refractivity contribution is -0.141. The highest BCUT2D eigenvalue weighted by atomic mass is 32.1. The Bertz CT molecular complexity index is 949. The number of nitrogens with zero attached hydrogens (tertiary/aromatic N) is 2. The molecule has 2 aromatic rings. The Labute approximate surface area is 179 Å². The number of para-hydroxylation sites is 1. The monoisotopic (exact) mass is 427 g/mol. The lowest BCUT2D eigenvalue weighted by Crippen LogP contribution is -2.41. The maximum atomic E-state index is 13.1. The normalized spacial score (nSPS) is 15.9. The fourth-order valence-electron chi connectivity index (χ4n) is 3.09. The summed E-state index contributed by atoms with van der Waals surface area (Å²) in [6.45, 7) is -0.231. The van der Waals surface area contributed by atoms with Crippen LogP contribution in [0.1, 0.15) is 6.42 Å². The lowest BCUT2D eigenvalue weighted by atomic mass is 10.1. The Morgan fingerprint density at radius 1 is 1.07 bits per heavy atom. The molecule has 1 fully saturated rings. The minimum atomic E-state index is -0.921. The summed E-state index contributed by atoms with van der Waals surface area (Å²) in [7, 11) is 2.81. The van der Waals surface area contributed by atoms with E-state index in [0.717, 1.165) is 0 Å². The molecule has 0 aromatic heterocycles. The highest BCUT2D eigenvalue weighted by Crippen LogP contribution is 2.27. The summed E-state index contributed by atoms with van der Waals surface area (Å²) >= 11 is 5.45. The van der Waals surface area contributed by atoms with Gasteiger partial charge in [0.2, 0.25) is 5.91 Å². The van der Waals surface area contributed by atoms with Crippen LogP contribution in [0.3, 0.4) is 0 Å². The predicted molar refractivity (Wildman–Crippen MR) is 115 cm³/mol. The van der Waals surface area contributed by atoms with Crippen LogP contribution in [0.15, 0.2) is 54.6 Å². The number of nitrogens with one attached hydrogen (secondary N) is 1. The second kappa shape index (κ2) is 9.36. The Kier molecular flexibility index (Phi) is 6.63. The molecule has 8 nitrogen and oxygen atoms in total.